The lowest BCUT2D eigenvalue weighted by Gasteiger charge is -2.20. The lowest BCUT2D eigenvalue weighted by atomic mass is 10.1. The Labute approximate surface area is 174 Å². The highest BCUT2D eigenvalue weighted by molar-refractivity contribution is 7.48. The lowest BCUT2D eigenvalue weighted by Crippen LogP contribution is -2.36. The first-order chi connectivity index (χ1) is 14.4. The first-order valence-corrected chi connectivity index (χ1v) is 9.64. The Kier molecular flexibility index (Phi) is 9.39. The number of carbonyl (C=O) groups excluding carboxylic acids is 1. The van der Waals surface area contributed by atoms with Gasteiger partial charge in [-0.1, -0.05) is 12.1 Å². The van der Waals surface area contributed by atoms with Crippen LogP contribution in [0.1, 0.15) is 5.56 Å². The third-order valence-corrected chi connectivity index (χ3v) is 4.37. The highest BCUT2D eigenvalue weighted by atomic mass is 31.2. The van der Waals surface area contributed by atoms with Crippen molar-refractivity contribution in [3.05, 3.63) is 29.8 Å². The molecule has 2 N–H and O–H groups in total. The quantitative estimate of drug-likeness (QED) is 0.287. The molecule has 0 aliphatic rings. The maximum atomic E-state index is 12.3. The van der Waals surface area contributed by atoms with E-state index in [4.69, 9.17) is 5.73 Å². The molecule has 32 heavy (non-hydrogen) atoms. The normalized spacial score (nSPS) is 14.2. The van der Waals surface area contributed by atoms with Crippen LogP contribution >= 0.6 is 7.82 Å². The minimum atomic E-state index is -5.36. The SMILES string of the molecule is NC(Cc1ccc(OP(=O)(OCC(F)(F)F)OCC(F)(F)F)cc1)C(=O)OCC(F)(F)F. The van der Waals surface area contributed by atoms with E-state index in [2.05, 4.69) is 18.3 Å². The molecule has 0 heterocycles. The monoisotopic (exact) mass is 507 g/mol. The van der Waals surface area contributed by atoms with Crippen LogP contribution in [0.25, 0.3) is 0 Å². The number of alkyl halides is 9. The van der Waals surface area contributed by atoms with E-state index in [0.29, 0.717) is 0 Å². The summed E-state index contributed by atoms with van der Waals surface area (Å²) in [5, 5.41) is 0. The van der Waals surface area contributed by atoms with E-state index in [1.165, 1.54) is 0 Å². The molecule has 184 valence electrons. The summed E-state index contributed by atoms with van der Waals surface area (Å²) in [5.41, 5.74) is 5.60. The number of esters is 1. The zero-order chi connectivity index (χ0) is 24.8. The van der Waals surface area contributed by atoms with E-state index in [-0.39, 0.29) is 12.0 Å². The molecule has 0 bridgehead atoms. The third-order valence-electron chi connectivity index (χ3n) is 3.05. The molecule has 0 saturated carbocycles. The lowest BCUT2D eigenvalue weighted by molar-refractivity contribution is -0.187. The molecule has 1 unspecified atom stereocenters. The standard InChI is InChI=1S/C15H15F9NO6P/c16-13(17,18)6-28-12(26)11(25)5-9-1-3-10(4-2-9)31-32(27,29-7-14(19,20)21)30-8-15(22,23)24/h1-4,11H,5-8,25H2. The molecule has 17 heteroatoms. The molecular formula is C15H15F9NO6P. The summed E-state index contributed by atoms with van der Waals surface area (Å²) in [6, 6.07) is 2.53. The second-order valence-corrected chi connectivity index (χ2v) is 7.59. The maximum absolute atomic E-state index is 12.3. The first-order valence-electron chi connectivity index (χ1n) is 8.18. The van der Waals surface area contributed by atoms with Crippen molar-refractivity contribution in [3.8, 4) is 5.75 Å². The molecule has 0 aromatic heterocycles. The molecule has 1 rings (SSSR count). The van der Waals surface area contributed by atoms with Crippen molar-refractivity contribution in [2.75, 3.05) is 19.8 Å². The van der Waals surface area contributed by atoms with E-state index in [1.807, 2.05) is 0 Å². The molecule has 1 atom stereocenters. The molecule has 0 fully saturated rings. The Morgan fingerprint density at radius 2 is 1.28 bits per heavy atom. The van der Waals surface area contributed by atoms with Gasteiger partial charge >= 0.3 is 32.3 Å². The Morgan fingerprint density at radius 1 is 0.844 bits per heavy atom. The summed E-state index contributed by atoms with van der Waals surface area (Å²) < 4.78 is 138. The molecule has 0 amide bonds. The predicted molar refractivity (Wildman–Crippen MR) is 87.4 cm³/mol. The number of halogens is 9. The van der Waals surface area contributed by atoms with E-state index in [0.717, 1.165) is 24.3 Å². The van der Waals surface area contributed by atoms with Crippen LogP contribution in [0.5, 0.6) is 5.75 Å². The zero-order valence-electron chi connectivity index (χ0n) is 15.6. The van der Waals surface area contributed by atoms with E-state index in [1.54, 1.807) is 0 Å². The highest BCUT2D eigenvalue weighted by Crippen LogP contribution is 2.51. The number of nitrogens with two attached hydrogens (primary N) is 1. The van der Waals surface area contributed by atoms with Crippen LogP contribution in [0.3, 0.4) is 0 Å². The van der Waals surface area contributed by atoms with Crippen LogP contribution in [0.4, 0.5) is 39.5 Å². The first kappa shape index (κ1) is 28.0. The van der Waals surface area contributed by atoms with Crippen molar-refractivity contribution in [1.82, 2.24) is 0 Å². The number of hydrogen-bond donors (Lipinski definition) is 1. The molecule has 0 aliphatic heterocycles. The Morgan fingerprint density at radius 3 is 1.69 bits per heavy atom. The van der Waals surface area contributed by atoms with E-state index < -0.39 is 63.9 Å². The van der Waals surface area contributed by atoms with Crippen LogP contribution in [0.15, 0.2) is 24.3 Å². The Bertz CT molecular complexity index is 773. The fraction of sp³-hybridized carbons (Fsp3) is 0.533. The molecular weight excluding hydrogens is 492 g/mol. The fourth-order valence-electron chi connectivity index (χ4n) is 1.81. The number of ether oxygens (including phenoxy) is 1. The van der Waals surface area contributed by atoms with Gasteiger partial charge in [-0.3, -0.25) is 13.8 Å². The number of rotatable bonds is 10. The van der Waals surface area contributed by atoms with Gasteiger partial charge in [0, 0.05) is 0 Å². The number of hydrogen-bond acceptors (Lipinski definition) is 7. The van der Waals surface area contributed by atoms with Gasteiger partial charge in [0.05, 0.1) is 0 Å². The van der Waals surface area contributed by atoms with Gasteiger partial charge in [0.2, 0.25) is 0 Å². The topological polar surface area (TPSA) is 97.1 Å². The van der Waals surface area contributed by atoms with Crippen LogP contribution in [-0.4, -0.2) is 50.4 Å². The second kappa shape index (κ2) is 10.7. The van der Waals surface area contributed by atoms with Crippen molar-refractivity contribution in [2.45, 2.75) is 31.0 Å². The van der Waals surface area contributed by atoms with Gasteiger partial charge in [0.15, 0.2) is 19.8 Å². The summed E-state index contributed by atoms with van der Waals surface area (Å²) in [6.45, 7) is -6.30. The zero-order valence-corrected chi connectivity index (χ0v) is 16.5. The smallest absolute Gasteiger partial charge is 0.455 e. The van der Waals surface area contributed by atoms with Crippen LogP contribution in [0.2, 0.25) is 0 Å². The second-order valence-electron chi connectivity index (χ2n) is 5.99. The minimum absolute atomic E-state index is 0.191. The predicted octanol–water partition coefficient (Wildman–Crippen LogP) is 4.31. The van der Waals surface area contributed by atoms with Crippen molar-refractivity contribution in [3.63, 3.8) is 0 Å². The average molecular weight is 507 g/mol. The number of phosphoric acid groups is 1. The van der Waals surface area contributed by atoms with Gasteiger partial charge < -0.3 is 15.0 Å². The van der Waals surface area contributed by atoms with Crippen molar-refractivity contribution in [2.24, 2.45) is 5.73 Å². The van der Waals surface area contributed by atoms with Gasteiger partial charge in [-0.05, 0) is 24.1 Å². The van der Waals surface area contributed by atoms with Gasteiger partial charge in [-0.2, -0.15) is 39.5 Å². The highest BCUT2D eigenvalue weighted by Gasteiger charge is 2.40. The van der Waals surface area contributed by atoms with Crippen LogP contribution < -0.4 is 10.3 Å². The number of benzene rings is 1. The Balaban J connectivity index is 2.80. The average Bonchev–Trinajstić information content (AvgIpc) is 2.63. The van der Waals surface area contributed by atoms with E-state index >= 15 is 0 Å². The molecule has 0 radical (unpaired) electrons. The summed E-state index contributed by atoms with van der Waals surface area (Å²) in [7, 11) is -5.36. The van der Waals surface area contributed by atoms with Crippen molar-refractivity contribution in [1.29, 1.82) is 0 Å². The summed E-state index contributed by atoms with van der Waals surface area (Å²) in [4.78, 5) is 11.4. The van der Waals surface area contributed by atoms with Gasteiger partial charge in [0.25, 0.3) is 0 Å². The number of carbonyl (C=O) groups is 1. The van der Waals surface area contributed by atoms with Crippen molar-refractivity contribution < 1.29 is 67.2 Å². The summed E-state index contributed by atoms with van der Waals surface area (Å²) >= 11 is 0. The molecule has 0 spiro atoms. The van der Waals surface area contributed by atoms with Gasteiger partial charge in [-0.15, -0.1) is 0 Å². The number of phosphoric ester groups is 1. The third kappa shape index (κ3) is 12.1. The summed E-state index contributed by atoms with van der Waals surface area (Å²) in [5.74, 6) is -1.90. The van der Waals surface area contributed by atoms with E-state index in [9.17, 15) is 48.9 Å². The molecule has 1 aromatic carbocycles. The maximum Gasteiger partial charge on any atom is 0.530 e. The molecule has 1 aromatic rings. The summed E-state index contributed by atoms with van der Waals surface area (Å²) in [6.07, 6.45) is -15.2. The van der Waals surface area contributed by atoms with Crippen LogP contribution in [-0.2, 0) is 29.6 Å². The van der Waals surface area contributed by atoms with Gasteiger partial charge in [-0.25, -0.2) is 4.57 Å². The fourth-order valence-corrected chi connectivity index (χ4v) is 2.98. The Hall–Kier alpha value is -2.03. The molecule has 7 nitrogen and oxygen atoms in total. The van der Waals surface area contributed by atoms with Crippen molar-refractivity contribution >= 4 is 13.8 Å². The van der Waals surface area contributed by atoms with Crippen LogP contribution in [0, 0.1) is 0 Å². The molecule has 0 saturated heterocycles. The largest absolute Gasteiger partial charge is 0.530 e. The van der Waals surface area contributed by atoms with Gasteiger partial charge in [0.1, 0.15) is 11.8 Å². The molecule has 0 aliphatic carbocycles. The minimum Gasteiger partial charge on any atom is -0.455 e.